The molecule has 23 heavy (non-hydrogen) atoms. The first kappa shape index (κ1) is 17.1. The van der Waals surface area contributed by atoms with Crippen LogP contribution in [0.15, 0.2) is 12.1 Å². The number of hydrogen-bond donors (Lipinski definition) is 2. The predicted octanol–water partition coefficient (Wildman–Crippen LogP) is 2.96. The van der Waals surface area contributed by atoms with Crippen molar-refractivity contribution in [3.05, 3.63) is 28.8 Å². The summed E-state index contributed by atoms with van der Waals surface area (Å²) in [6.45, 7) is 7.22. The highest BCUT2D eigenvalue weighted by atomic mass is 16.5. The van der Waals surface area contributed by atoms with Gasteiger partial charge in [-0.2, -0.15) is 0 Å². The van der Waals surface area contributed by atoms with Crippen molar-refractivity contribution in [3.8, 4) is 0 Å². The van der Waals surface area contributed by atoms with Gasteiger partial charge in [-0.05, 0) is 44.7 Å². The quantitative estimate of drug-likeness (QED) is 0.880. The summed E-state index contributed by atoms with van der Waals surface area (Å²) in [6.07, 6.45) is 1.15. The van der Waals surface area contributed by atoms with Gasteiger partial charge in [-0.1, -0.05) is 17.7 Å². The van der Waals surface area contributed by atoms with E-state index in [2.05, 4.69) is 22.8 Å². The van der Waals surface area contributed by atoms with Crippen LogP contribution in [-0.4, -0.2) is 43.3 Å². The van der Waals surface area contributed by atoms with Gasteiger partial charge >= 0.3 is 12.1 Å². The number of methoxy groups -OCH3 is 1. The molecule has 1 heterocycles. The second kappa shape index (κ2) is 7.35. The van der Waals surface area contributed by atoms with E-state index in [4.69, 9.17) is 4.74 Å². The first-order valence-electron chi connectivity index (χ1n) is 7.89. The summed E-state index contributed by atoms with van der Waals surface area (Å²) in [6, 6.07) is 3.98. The summed E-state index contributed by atoms with van der Waals surface area (Å²) >= 11 is 0. The number of aryl methyl sites for hydroxylation is 3. The van der Waals surface area contributed by atoms with Crippen LogP contribution in [-0.2, 0) is 4.74 Å². The minimum absolute atomic E-state index is 0.0713. The van der Waals surface area contributed by atoms with Gasteiger partial charge in [0.25, 0.3) is 0 Å². The van der Waals surface area contributed by atoms with Crippen molar-refractivity contribution in [2.75, 3.05) is 25.5 Å². The number of nitrogens with one attached hydrogen (secondary N) is 2. The van der Waals surface area contributed by atoms with Crippen LogP contribution in [0.5, 0.6) is 0 Å². The topological polar surface area (TPSA) is 70.7 Å². The molecule has 1 aliphatic heterocycles. The van der Waals surface area contributed by atoms with Gasteiger partial charge in [0, 0.05) is 24.8 Å². The number of carbonyl (C=O) groups is 2. The van der Waals surface area contributed by atoms with Crippen molar-refractivity contribution in [1.29, 1.82) is 0 Å². The molecule has 1 fully saturated rings. The summed E-state index contributed by atoms with van der Waals surface area (Å²) in [5, 5.41) is 5.93. The molecule has 0 atom stereocenters. The minimum atomic E-state index is -0.307. The van der Waals surface area contributed by atoms with Crippen LogP contribution in [0.2, 0.25) is 0 Å². The second-order valence-corrected chi connectivity index (χ2v) is 6.10. The van der Waals surface area contributed by atoms with Gasteiger partial charge < -0.3 is 20.3 Å². The molecule has 0 saturated carbocycles. The Balaban J connectivity index is 1.88. The number of nitrogens with zero attached hydrogens (tertiary/aromatic N) is 1. The monoisotopic (exact) mass is 319 g/mol. The molecule has 1 aliphatic rings. The van der Waals surface area contributed by atoms with Crippen LogP contribution >= 0.6 is 0 Å². The Kier molecular flexibility index (Phi) is 5.47. The molecule has 6 nitrogen and oxygen atoms in total. The highest BCUT2D eigenvalue weighted by Gasteiger charge is 2.24. The molecule has 0 aliphatic carbocycles. The van der Waals surface area contributed by atoms with E-state index in [0.29, 0.717) is 13.1 Å². The van der Waals surface area contributed by atoms with Crippen LogP contribution in [0.1, 0.15) is 29.5 Å². The Morgan fingerprint density at radius 2 is 1.70 bits per heavy atom. The normalized spacial score (nSPS) is 15.2. The van der Waals surface area contributed by atoms with Gasteiger partial charge in [0.2, 0.25) is 0 Å². The summed E-state index contributed by atoms with van der Waals surface area (Å²) in [7, 11) is 1.38. The highest BCUT2D eigenvalue weighted by Crippen LogP contribution is 2.22. The predicted molar refractivity (Wildman–Crippen MR) is 89.8 cm³/mol. The van der Waals surface area contributed by atoms with E-state index in [1.54, 1.807) is 4.90 Å². The van der Waals surface area contributed by atoms with Crippen LogP contribution in [0.3, 0.4) is 0 Å². The number of carbonyl (C=O) groups excluding carboxylic acids is 2. The molecule has 126 valence electrons. The molecule has 1 aromatic rings. The molecule has 0 aromatic heterocycles. The zero-order chi connectivity index (χ0) is 17.0. The average Bonchev–Trinajstić information content (AvgIpc) is 2.51. The van der Waals surface area contributed by atoms with Gasteiger partial charge in [0.15, 0.2) is 0 Å². The van der Waals surface area contributed by atoms with E-state index in [0.717, 1.165) is 29.7 Å². The van der Waals surface area contributed by atoms with Crippen molar-refractivity contribution < 1.29 is 14.3 Å². The lowest BCUT2D eigenvalue weighted by Crippen LogP contribution is -2.47. The summed E-state index contributed by atoms with van der Waals surface area (Å²) in [5.41, 5.74) is 4.15. The number of anilines is 1. The number of likely N-dealkylation sites (tertiary alicyclic amines) is 1. The van der Waals surface area contributed by atoms with E-state index < -0.39 is 0 Å². The smallest absolute Gasteiger partial charge is 0.409 e. The number of hydrogen-bond acceptors (Lipinski definition) is 3. The molecule has 2 N–H and O–H groups in total. The fourth-order valence-electron chi connectivity index (χ4n) is 3.05. The molecule has 1 aromatic carbocycles. The maximum atomic E-state index is 12.2. The molecular weight excluding hydrogens is 294 g/mol. The number of piperidine rings is 1. The van der Waals surface area contributed by atoms with Crippen molar-refractivity contribution in [2.24, 2.45) is 0 Å². The van der Waals surface area contributed by atoms with Gasteiger partial charge in [0.05, 0.1) is 7.11 Å². The number of amides is 3. The molecule has 0 radical (unpaired) electrons. The fraction of sp³-hybridized carbons (Fsp3) is 0.529. The van der Waals surface area contributed by atoms with Gasteiger partial charge in [0.1, 0.15) is 0 Å². The Bertz CT molecular complexity index is 570. The zero-order valence-electron chi connectivity index (χ0n) is 14.2. The molecule has 3 amide bonds. The van der Waals surface area contributed by atoms with Crippen LogP contribution in [0.25, 0.3) is 0 Å². The number of urea groups is 1. The standard InChI is InChI=1S/C17H25N3O3/c1-11-9-12(2)15(13(3)10-11)19-16(21)18-14-5-7-20(8-6-14)17(22)23-4/h9-10,14H,5-8H2,1-4H3,(H2,18,19,21). The molecule has 6 heteroatoms. The van der Waals surface area contributed by atoms with Crippen molar-refractivity contribution in [3.63, 3.8) is 0 Å². The summed E-state index contributed by atoms with van der Waals surface area (Å²) in [4.78, 5) is 25.3. The highest BCUT2D eigenvalue weighted by molar-refractivity contribution is 5.91. The molecular formula is C17H25N3O3. The minimum Gasteiger partial charge on any atom is -0.453 e. The summed E-state index contributed by atoms with van der Waals surface area (Å²) < 4.78 is 4.71. The van der Waals surface area contributed by atoms with Crippen molar-refractivity contribution >= 4 is 17.8 Å². The maximum Gasteiger partial charge on any atom is 0.409 e. The van der Waals surface area contributed by atoms with Crippen LogP contribution in [0, 0.1) is 20.8 Å². The number of ether oxygens (including phenoxy) is 1. The first-order valence-corrected chi connectivity index (χ1v) is 7.89. The molecule has 2 rings (SSSR count). The Hall–Kier alpha value is -2.24. The summed E-state index contributed by atoms with van der Waals surface area (Å²) in [5.74, 6) is 0. The van der Waals surface area contributed by atoms with E-state index in [1.165, 1.54) is 12.7 Å². The largest absolute Gasteiger partial charge is 0.453 e. The lowest BCUT2D eigenvalue weighted by molar-refractivity contribution is 0.110. The average molecular weight is 319 g/mol. The van der Waals surface area contributed by atoms with Crippen molar-refractivity contribution in [1.82, 2.24) is 10.2 Å². The van der Waals surface area contributed by atoms with Crippen molar-refractivity contribution in [2.45, 2.75) is 39.7 Å². The Morgan fingerprint density at radius 1 is 1.13 bits per heavy atom. The van der Waals surface area contributed by atoms with E-state index in [1.807, 2.05) is 20.8 Å². The van der Waals surface area contributed by atoms with Crippen LogP contribution < -0.4 is 10.6 Å². The zero-order valence-corrected chi connectivity index (χ0v) is 14.2. The van der Waals surface area contributed by atoms with Gasteiger partial charge in [-0.3, -0.25) is 0 Å². The Morgan fingerprint density at radius 3 is 2.22 bits per heavy atom. The third-order valence-electron chi connectivity index (χ3n) is 4.18. The van der Waals surface area contributed by atoms with Gasteiger partial charge in [-0.15, -0.1) is 0 Å². The fourth-order valence-corrected chi connectivity index (χ4v) is 3.05. The van der Waals surface area contributed by atoms with Crippen LogP contribution in [0.4, 0.5) is 15.3 Å². The maximum absolute atomic E-state index is 12.2. The lowest BCUT2D eigenvalue weighted by Gasteiger charge is -2.31. The van der Waals surface area contributed by atoms with E-state index in [-0.39, 0.29) is 18.2 Å². The number of rotatable bonds is 2. The SMILES string of the molecule is COC(=O)N1CCC(NC(=O)Nc2c(C)cc(C)cc2C)CC1. The first-order chi connectivity index (χ1) is 10.9. The second-order valence-electron chi connectivity index (χ2n) is 6.10. The molecule has 0 unspecified atom stereocenters. The van der Waals surface area contributed by atoms with E-state index in [9.17, 15) is 9.59 Å². The molecule has 1 saturated heterocycles. The molecule has 0 spiro atoms. The number of benzene rings is 1. The Labute approximate surface area is 137 Å². The third kappa shape index (κ3) is 4.37. The third-order valence-corrected chi connectivity index (χ3v) is 4.18. The lowest BCUT2D eigenvalue weighted by atomic mass is 10.0. The molecule has 0 bridgehead atoms. The van der Waals surface area contributed by atoms with Gasteiger partial charge in [-0.25, -0.2) is 9.59 Å². The van der Waals surface area contributed by atoms with E-state index >= 15 is 0 Å².